The lowest BCUT2D eigenvalue weighted by Crippen LogP contribution is -2.24. The summed E-state index contributed by atoms with van der Waals surface area (Å²) in [5.74, 6) is 0.926. The number of hydrogen-bond donors (Lipinski definition) is 1. The van der Waals surface area contributed by atoms with E-state index in [0.717, 1.165) is 17.1 Å². The molecule has 1 heterocycles. The first-order valence-corrected chi connectivity index (χ1v) is 8.30. The fourth-order valence-electron chi connectivity index (χ4n) is 3.17. The Hall–Kier alpha value is -0.420. The summed E-state index contributed by atoms with van der Waals surface area (Å²) in [6.07, 6.45) is 9.62. The molecule has 1 unspecified atom stereocenters. The monoisotopic (exact) mass is 328 g/mol. The molecule has 1 atom stereocenters. The summed E-state index contributed by atoms with van der Waals surface area (Å²) in [7, 11) is 1.97. The Morgan fingerprint density at radius 2 is 2.11 bits per heavy atom. The molecular weight excluding hydrogens is 304 g/mol. The summed E-state index contributed by atoms with van der Waals surface area (Å²) in [4.78, 5) is 0. The van der Waals surface area contributed by atoms with E-state index in [-0.39, 0.29) is 0 Å². The first-order valence-electron chi connectivity index (χ1n) is 7.50. The van der Waals surface area contributed by atoms with Crippen LogP contribution in [0.4, 0.5) is 0 Å². The van der Waals surface area contributed by atoms with Gasteiger partial charge in [0, 0.05) is 7.05 Å². The predicted molar refractivity (Wildman–Crippen MR) is 80.9 cm³/mol. The molecule has 0 bridgehead atoms. The number of hydrogen-bond acceptors (Lipinski definition) is 3. The third-order valence-electron chi connectivity index (χ3n) is 4.20. The molecule has 1 saturated carbocycles. The molecule has 0 radical (unpaired) electrons. The molecule has 4 nitrogen and oxygen atoms in total. The molecule has 5 heteroatoms. The maximum atomic E-state index is 4.10. The highest BCUT2D eigenvalue weighted by Gasteiger charge is 2.21. The zero-order chi connectivity index (χ0) is 13.7. The Morgan fingerprint density at radius 1 is 1.37 bits per heavy atom. The van der Waals surface area contributed by atoms with E-state index >= 15 is 0 Å². The van der Waals surface area contributed by atoms with Crippen molar-refractivity contribution in [1.82, 2.24) is 20.3 Å². The lowest BCUT2D eigenvalue weighted by molar-refractivity contribution is 0.312. The molecule has 19 heavy (non-hydrogen) atoms. The van der Waals surface area contributed by atoms with E-state index in [1.165, 1.54) is 50.6 Å². The quantitative estimate of drug-likeness (QED) is 0.867. The molecule has 2 rings (SSSR count). The summed E-state index contributed by atoms with van der Waals surface area (Å²) >= 11 is 3.52. The highest BCUT2D eigenvalue weighted by atomic mass is 79.9. The Bertz CT molecular complexity index is 365. The van der Waals surface area contributed by atoms with E-state index in [9.17, 15) is 0 Å². The van der Waals surface area contributed by atoms with Crippen molar-refractivity contribution in [2.75, 3.05) is 6.54 Å². The van der Waals surface area contributed by atoms with Gasteiger partial charge in [0.15, 0.2) is 4.60 Å². The molecule has 1 fully saturated rings. The number of aromatic nitrogens is 3. The second-order valence-electron chi connectivity index (χ2n) is 5.58. The van der Waals surface area contributed by atoms with Crippen molar-refractivity contribution in [3.05, 3.63) is 10.3 Å². The summed E-state index contributed by atoms with van der Waals surface area (Å²) in [5.41, 5.74) is 1.18. The van der Waals surface area contributed by atoms with Crippen molar-refractivity contribution < 1.29 is 0 Å². The van der Waals surface area contributed by atoms with Gasteiger partial charge in [-0.25, -0.2) is 4.68 Å². The molecule has 0 saturated heterocycles. The largest absolute Gasteiger partial charge is 0.309 e. The fraction of sp³-hybridized carbons (Fsp3) is 0.857. The molecular formula is C14H25BrN4. The molecule has 1 aliphatic carbocycles. The lowest BCUT2D eigenvalue weighted by atomic mass is 9.85. The first-order chi connectivity index (χ1) is 9.22. The molecule has 0 aliphatic heterocycles. The minimum atomic E-state index is 0.362. The van der Waals surface area contributed by atoms with Crippen molar-refractivity contribution in [2.45, 2.75) is 57.9 Å². The highest BCUT2D eigenvalue weighted by molar-refractivity contribution is 9.10. The number of rotatable bonds is 6. The number of nitrogens with one attached hydrogen (secondary N) is 1. The van der Waals surface area contributed by atoms with Gasteiger partial charge in [-0.15, -0.1) is 5.10 Å². The SMILES string of the molecule is CCNC(CCC1CCCCC1)c1c(Br)nnn1C. The normalized spacial score (nSPS) is 18.7. The minimum absolute atomic E-state index is 0.362. The van der Waals surface area contributed by atoms with Crippen LogP contribution in [0.5, 0.6) is 0 Å². The van der Waals surface area contributed by atoms with Crippen molar-refractivity contribution in [3.63, 3.8) is 0 Å². The van der Waals surface area contributed by atoms with E-state index in [2.05, 4.69) is 38.5 Å². The zero-order valence-electron chi connectivity index (χ0n) is 12.0. The van der Waals surface area contributed by atoms with Crippen LogP contribution < -0.4 is 5.32 Å². The summed E-state index contributed by atoms with van der Waals surface area (Å²) < 4.78 is 2.77. The smallest absolute Gasteiger partial charge is 0.153 e. The van der Waals surface area contributed by atoms with Crippen LogP contribution >= 0.6 is 15.9 Å². The third kappa shape index (κ3) is 4.02. The lowest BCUT2D eigenvalue weighted by Gasteiger charge is -2.24. The highest BCUT2D eigenvalue weighted by Crippen LogP contribution is 2.31. The maximum Gasteiger partial charge on any atom is 0.153 e. The van der Waals surface area contributed by atoms with Crippen molar-refractivity contribution >= 4 is 15.9 Å². The van der Waals surface area contributed by atoms with Gasteiger partial charge in [0.1, 0.15) is 0 Å². The van der Waals surface area contributed by atoms with Crippen LogP contribution in [0.15, 0.2) is 4.60 Å². The van der Waals surface area contributed by atoms with Crippen LogP contribution in [0.25, 0.3) is 0 Å². The molecule has 108 valence electrons. The molecule has 0 amide bonds. The molecule has 0 spiro atoms. The molecule has 1 N–H and O–H groups in total. The molecule has 1 aromatic heterocycles. The Kier molecular flexibility index (Phi) is 5.82. The van der Waals surface area contributed by atoms with Gasteiger partial charge in [0.05, 0.1) is 11.7 Å². The van der Waals surface area contributed by atoms with E-state index in [0.29, 0.717) is 6.04 Å². The van der Waals surface area contributed by atoms with E-state index in [1.54, 1.807) is 0 Å². The number of nitrogens with zero attached hydrogens (tertiary/aromatic N) is 3. The Balaban J connectivity index is 1.96. The van der Waals surface area contributed by atoms with Gasteiger partial charge in [-0.2, -0.15) is 0 Å². The van der Waals surface area contributed by atoms with Crippen LogP contribution in [0.3, 0.4) is 0 Å². The van der Waals surface area contributed by atoms with Crippen LogP contribution in [0.1, 0.15) is 63.6 Å². The second-order valence-corrected chi connectivity index (χ2v) is 6.33. The van der Waals surface area contributed by atoms with Crippen LogP contribution in [-0.4, -0.2) is 21.5 Å². The second kappa shape index (κ2) is 7.39. The first kappa shape index (κ1) is 15.0. The van der Waals surface area contributed by atoms with E-state index in [1.807, 2.05) is 11.7 Å². The molecule has 1 aromatic rings. The minimum Gasteiger partial charge on any atom is -0.309 e. The van der Waals surface area contributed by atoms with E-state index < -0.39 is 0 Å². The fourth-order valence-corrected chi connectivity index (χ4v) is 3.77. The summed E-state index contributed by atoms with van der Waals surface area (Å²) in [6.45, 7) is 3.14. The molecule has 0 aromatic carbocycles. The van der Waals surface area contributed by atoms with Gasteiger partial charge in [0.2, 0.25) is 0 Å². The van der Waals surface area contributed by atoms with E-state index in [4.69, 9.17) is 0 Å². The topological polar surface area (TPSA) is 42.7 Å². The standard InChI is InChI=1S/C14H25BrN4/c1-3-16-12(13-14(15)17-18-19(13)2)10-9-11-7-5-4-6-8-11/h11-12,16H,3-10H2,1-2H3. The van der Waals surface area contributed by atoms with Gasteiger partial charge < -0.3 is 5.32 Å². The van der Waals surface area contributed by atoms with Gasteiger partial charge in [-0.1, -0.05) is 44.2 Å². The summed E-state index contributed by atoms with van der Waals surface area (Å²) in [5, 5.41) is 11.8. The van der Waals surface area contributed by atoms with Gasteiger partial charge >= 0.3 is 0 Å². The molecule has 1 aliphatic rings. The average Bonchev–Trinajstić information content (AvgIpc) is 2.76. The predicted octanol–water partition coefficient (Wildman–Crippen LogP) is 3.59. The van der Waals surface area contributed by atoms with Crippen molar-refractivity contribution in [3.8, 4) is 0 Å². The van der Waals surface area contributed by atoms with Crippen molar-refractivity contribution in [1.29, 1.82) is 0 Å². The average molecular weight is 329 g/mol. The summed E-state index contributed by atoms with van der Waals surface area (Å²) in [6, 6.07) is 0.362. The Morgan fingerprint density at radius 3 is 2.68 bits per heavy atom. The zero-order valence-corrected chi connectivity index (χ0v) is 13.6. The van der Waals surface area contributed by atoms with Gasteiger partial charge in [0.25, 0.3) is 0 Å². The van der Waals surface area contributed by atoms with Gasteiger partial charge in [-0.3, -0.25) is 0 Å². The number of halogens is 1. The van der Waals surface area contributed by atoms with Crippen LogP contribution in [0.2, 0.25) is 0 Å². The Labute approximate surface area is 124 Å². The maximum absolute atomic E-state index is 4.10. The van der Waals surface area contributed by atoms with Crippen LogP contribution in [0, 0.1) is 5.92 Å². The number of aryl methyl sites for hydroxylation is 1. The third-order valence-corrected chi connectivity index (χ3v) is 4.76. The van der Waals surface area contributed by atoms with Crippen LogP contribution in [-0.2, 0) is 7.05 Å². The van der Waals surface area contributed by atoms with Gasteiger partial charge in [-0.05, 0) is 41.2 Å². The van der Waals surface area contributed by atoms with Crippen molar-refractivity contribution in [2.24, 2.45) is 13.0 Å².